The van der Waals surface area contributed by atoms with Crippen molar-refractivity contribution in [1.29, 1.82) is 0 Å². The molecule has 0 unspecified atom stereocenters. The van der Waals surface area contributed by atoms with E-state index in [1.54, 1.807) is 42.1 Å². The summed E-state index contributed by atoms with van der Waals surface area (Å²) in [6.07, 6.45) is 3.28. The number of para-hydroxylation sites is 1. The topological polar surface area (TPSA) is 94.1 Å². The van der Waals surface area contributed by atoms with Gasteiger partial charge in [0.15, 0.2) is 5.76 Å². The third-order valence-electron chi connectivity index (χ3n) is 4.21. The van der Waals surface area contributed by atoms with E-state index in [0.717, 1.165) is 4.47 Å². The Morgan fingerprint density at radius 3 is 2.34 bits per heavy atom. The van der Waals surface area contributed by atoms with Crippen LogP contribution in [0.2, 0.25) is 0 Å². The van der Waals surface area contributed by atoms with Gasteiger partial charge in [-0.25, -0.2) is 4.68 Å². The Balaban J connectivity index is 1.60. The van der Waals surface area contributed by atoms with Gasteiger partial charge in [0.05, 0.1) is 12.0 Å². The van der Waals surface area contributed by atoms with Crippen LogP contribution in [0.25, 0.3) is 17.1 Å². The molecule has 0 saturated heterocycles. The zero-order chi connectivity index (χ0) is 20.4. The third-order valence-corrected chi connectivity index (χ3v) is 4.64. The molecule has 0 fully saturated rings. The number of nitrogens with zero attached hydrogens (tertiary/aromatic N) is 3. The number of furan rings is 1. The Hall–Kier alpha value is -3.59. The molecule has 29 heavy (non-hydrogen) atoms. The smallest absolute Gasteiger partial charge is 0.288 e. The molecule has 2 N–H and O–H groups in total. The molecule has 4 aromatic rings. The van der Waals surface area contributed by atoms with Crippen molar-refractivity contribution in [2.75, 3.05) is 0 Å². The zero-order valence-corrected chi connectivity index (χ0v) is 16.9. The molecular weight excluding hydrogens is 438 g/mol. The number of halogens is 1. The van der Waals surface area contributed by atoms with Crippen LogP contribution in [0.1, 0.15) is 21.0 Å². The minimum absolute atomic E-state index is 0.246. The van der Waals surface area contributed by atoms with E-state index < -0.39 is 11.8 Å². The molecular formula is C20H16BrN5O3. The van der Waals surface area contributed by atoms with Gasteiger partial charge in [0, 0.05) is 23.8 Å². The number of benzene rings is 1. The van der Waals surface area contributed by atoms with Gasteiger partial charge in [-0.05, 0) is 46.3 Å². The highest BCUT2D eigenvalue weighted by Gasteiger charge is 2.20. The minimum atomic E-state index is -0.513. The van der Waals surface area contributed by atoms with E-state index in [9.17, 15) is 9.59 Å². The predicted octanol–water partition coefficient (Wildman–Crippen LogP) is 3.31. The quantitative estimate of drug-likeness (QED) is 0.463. The van der Waals surface area contributed by atoms with Crippen LogP contribution in [-0.2, 0) is 7.05 Å². The third kappa shape index (κ3) is 3.85. The van der Waals surface area contributed by atoms with Gasteiger partial charge < -0.3 is 8.98 Å². The van der Waals surface area contributed by atoms with Gasteiger partial charge in [0.1, 0.15) is 17.1 Å². The molecule has 8 nitrogen and oxygen atoms in total. The van der Waals surface area contributed by atoms with Gasteiger partial charge in [-0.15, -0.1) is 0 Å². The summed E-state index contributed by atoms with van der Waals surface area (Å²) in [4.78, 5) is 25.2. The van der Waals surface area contributed by atoms with Gasteiger partial charge in [0.25, 0.3) is 11.8 Å². The number of hydrogen-bond acceptors (Lipinski definition) is 4. The normalized spacial score (nSPS) is 10.7. The molecule has 0 aliphatic carbocycles. The molecule has 3 heterocycles. The molecule has 146 valence electrons. The van der Waals surface area contributed by atoms with Gasteiger partial charge in [-0.2, -0.15) is 5.10 Å². The average Bonchev–Trinajstić information content (AvgIpc) is 3.46. The first-order chi connectivity index (χ1) is 14.0. The molecule has 0 spiro atoms. The summed E-state index contributed by atoms with van der Waals surface area (Å²) < 4.78 is 9.30. The number of nitrogens with one attached hydrogen (secondary N) is 2. The van der Waals surface area contributed by atoms with Crippen LogP contribution >= 0.6 is 15.9 Å². The first kappa shape index (κ1) is 18.8. The Bertz CT molecular complexity index is 1160. The van der Waals surface area contributed by atoms with Crippen molar-refractivity contribution in [2.24, 2.45) is 7.05 Å². The van der Waals surface area contributed by atoms with Crippen molar-refractivity contribution >= 4 is 27.7 Å². The SMILES string of the molecule is Cn1cc(Br)cc1C(=O)NNC(=O)c1cc(-c2ccco2)nn1-c1ccccc1. The van der Waals surface area contributed by atoms with Gasteiger partial charge in [-0.1, -0.05) is 18.2 Å². The maximum atomic E-state index is 12.8. The van der Waals surface area contributed by atoms with E-state index in [1.807, 2.05) is 30.3 Å². The Labute approximate surface area is 174 Å². The number of hydrazine groups is 1. The van der Waals surface area contributed by atoms with Gasteiger partial charge >= 0.3 is 0 Å². The molecule has 4 rings (SSSR count). The monoisotopic (exact) mass is 453 g/mol. The number of carbonyl (C=O) groups is 2. The molecule has 0 saturated carbocycles. The first-order valence-corrected chi connectivity index (χ1v) is 9.44. The van der Waals surface area contributed by atoms with E-state index >= 15 is 0 Å². The minimum Gasteiger partial charge on any atom is -0.463 e. The van der Waals surface area contributed by atoms with E-state index in [1.165, 1.54) is 10.9 Å². The largest absolute Gasteiger partial charge is 0.463 e. The lowest BCUT2D eigenvalue weighted by Crippen LogP contribution is -2.42. The number of carbonyl (C=O) groups excluding carboxylic acids is 2. The second-order valence-electron chi connectivity index (χ2n) is 6.20. The maximum Gasteiger partial charge on any atom is 0.288 e. The number of aromatic nitrogens is 3. The lowest BCUT2D eigenvalue weighted by atomic mass is 10.3. The van der Waals surface area contributed by atoms with Crippen molar-refractivity contribution in [3.8, 4) is 17.1 Å². The molecule has 3 aromatic heterocycles. The highest BCUT2D eigenvalue weighted by molar-refractivity contribution is 9.10. The zero-order valence-electron chi connectivity index (χ0n) is 15.3. The Kier molecular flexibility index (Phi) is 5.05. The average molecular weight is 454 g/mol. The highest BCUT2D eigenvalue weighted by Crippen LogP contribution is 2.22. The van der Waals surface area contributed by atoms with E-state index in [4.69, 9.17) is 4.42 Å². The molecule has 0 radical (unpaired) electrons. The fourth-order valence-electron chi connectivity index (χ4n) is 2.85. The molecule has 9 heteroatoms. The standard InChI is InChI=1S/C20H16BrN5O3/c1-25-12-13(21)10-16(25)19(27)22-23-20(28)17-11-15(18-8-5-9-29-18)24-26(17)14-6-3-2-4-7-14/h2-12H,1H3,(H,22,27)(H,23,28). The number of aryl methyl sites for hydroxylation is 1. The maximum absolute atomic E-state index is 12.8. The summed E-state index contributed by atoms with van der Waals surface area (Å²) in [7, 11) is 1.74. The van der Waals surface area contributed by atoms with Crippen LogP contribution in [-0.4, -0.2) is 26.2 Å². The molecule has 0 aliphatic rings. The van der Waals surface area contributed by atoms with Crippen molar-refractivity contribution in [2.45, 2.75) is 0 Å². The molecule has 1 aromatic carbocycles. The molecule has 0 aliphatic heterocycles. The fraction of sp³-hybridized carbons (Fsp3) is 0.0500. The highest BCUT2D eigenvalue weighted by atomic mass is 79.9. The summed E-state index contributed by atoms with van der Waals surface area (Å²) in [5, 5.41) is 4.49. The van der Waals surface area contributed by atoms with E-state index in [-0.39, 0.29) is 5.69 Å². The lowest BCUT2D eigenvalue weighted by Gasteiger charge is -2.09. The number of amides is 2. The number of hydrogen-bond donors (Lipinski definition) is 2. The second kappa shape index (κ2) is 7.80. The van der Waals surface area contributed by atoms with Crippen LogP contribution in [0.5, 0.6) is 0 Å². The Morgan fingerprint density at radius 2 is 1.72 bits per heavy atom. The van der Waals surface area contributed by atoms with Crippen LogP contribution in [0.3, 0.4) is 0 Å². The van der Waals surface area contributed by atoms with Crippen LogP contribution in [0.15, 0.2) is 75.9 Å². The number of rotatable bonds is 4. The Morgan fingerprint density at radius 1 is 1.00 bits per heavy atom. The van der Waals surface area contributed by atoms with E-state index in [0.29, 0.717) is 22.8 Å². The lowest BCUT2D eigenvalue weighted by molar-refractivity contribution is 0.0838. The van der Waals surface area contributed by atoms with Crippen molar-refractivity contribution < 1.29 is 14.0 Å². The fourth-order valence-corrected chi connectivity index (χ4v) is 3.37. The van der Waals surface area contributed by atoms with E-state index in [2.05, 4.69) is 31.9 Å². The van der Waals surface area contributed by atoms with Crippen LogP contribution in [0.4, 0.5) is 0 Å². The first-order valence-electron chi connectivity index (χ1n) is 8.65. The summed E-state index contributed by atoms with van der Waals surface area (Å²) in [5.74, 6) is -0.421. The van der Waals surface area contributed by atoms with Crippen molar-refractivity contribution in [3.63, 3.8) is 0 Å². The van der Waals surface area contributed by atoms with Gasteiger partial charge in [0.2, 0.25) is 0 Å². The van der Waals surface area contributed by atoms with Crippen molar-refractivity contribution in [3.05, 3.63) is 82.9 Å². The molecule has 0 atom stereocenters. The van der Waals surface area contributed by atoms with Crippen molar-refractivity contribution in [1.82, 2.24) is 25.2 Å². The summed E-state index contributed by atoms with van der Waals surface area (Å²) >= 11 is 3.32. The predicted molar refractivity (Wildman–Crippen MR) is 109 cm³/mol. The molecule has 2 amide bonds. The van der Waals surface area contributed by atoms with Crippen LogP contribution in [0, 0.1) is 0 Å². The summed E-state index contributed by atoms with van der Waals surface area (Å²) in [6.45, 7) is 0. The molecule has 0 bridgehead atoms. The summed E-state index contributed by atoms with van der Waals surface area (Å²) in [6, 6.07) is 16.0. The summed E-state index contributed by atoms with van der Waals surface area (Å²) in [5.41, 5.74) is 6.72. The second-order valence-corrected chi connectivity index (χ2v) is 7.12. The van der Waals surface area contributed by atoms with Gasteiger partial charge in [-0.3, -0.25) is 20.4 Å². The van der Waals surface area contributed by atoms with Crippen LogP contribution < -0.4 is 10.9 Å².